The van der Waals surface area contributed by atoms with Crippen molar-refractivity contribution in [1.29, 1.82) is 0 Å². The van der Waals surface area contributed by atoms with Gasteiger partial charge in [0.15, 0.2) is 18.1 Å². The largest absolute Gasteiger partial charge is 0.493 e. The smallest absolute Gasteiger partial charge is 0.262 e. The molecule has 0 aliphatic rings. The summed E-state index contributed by atoms with van der Waals surface area (Å²) in [6.45, 7) is 4.71. The van der Waals surface area contributed by atoms with Crippen molar-refractivity contribution in [3.63, 3.8) is 0 Å². The molecule has 0 heterocycles. The molecule has 5 nitrogen and oxygen atoms in total. The van der Waals surface area contributed by atoms with Gasteiger partial charge in [-0.15, -0.1) is 0 Å². The number of halogens is 1. The third-order valence-electron chi connectivity index (χ3n) is 4.72. The second-order valence-electron chi connectivity index (χ2n) is 6.98. The zero-order valence-corrected chi connectivity index (χ0v) is 18.0. The number of aryl methyl sites for hydroxylation is 2. The lowest BCUT2D eigenvalue weighted by molar-refractivity contribution is -0.118. The van der Waals surface area contributed by atoms with Crippen molar-refractivity contribution in [3.8, 4) is 11.5 Å². The molecular formula is C24H25ClN2O3. The molecule has 0 fully saturated rings. The van der Waals surface area contributed by atoms with Crippen LogP contribution in [-0.4, -0.2) is 19.6 Å². The Morgan fingerprint density at radius 2 is 1.63 bits per heavy atom. The first-order valence-corrected chi connectivity index (χ1v) is 9.98. The minimum Gasteiger partial charge on any atom is -0.493 e. The minimum atomic E-state index is -0.264. The number of ether oxygens (including phenoxy) is 2. The highest BCUT2D eigenvalue weighted by atomic mass is 35.5. The summed E-state index contributed by atoms with van der Waals surface area (Å²) in [6.07, 6.45) is 0. The van der Waals surface area contributed by atoms with E-state index in [9.17, 15) is 4.79 Å². The molecule has 6 heteroatoms. The standard InChI is InChI=1S/C24H25ClN2O3/c1-16-4-8-21(12-17(16)2)26-14-18-5-11-22(23(13-18)29-3)30-15-24(28)27-20-9-6-19(25)7-10-20/h4-13,26H,14-15H2,1-3H3,(H,27,28). The monoisotopic (exact) mass is 424 g/mol. The number of benzene rings is 3. The van der Waals surface area contributed by atoms with Crippen molar-refractivity contribution < 1.29 is 14.3 Å². The maximum absolute atomic E-state index is 12.1. The van der Waals surface area contributed by atoms with Crippen LogP contribution in [0.4, 0.5) is 11.4 Å². The molecule has 0 bridgehead atoms. The Labute approximate surface area is 182 Å². The number of nitrogens with one attached hydrogen (secondary N) is 2. The predicted molar refractivity (Wildman–Crippen MR) is 122 cm³/mol. The average Bonchev–Trinajstić information content (AvgIpc) is 2.75. The summed E-state index contributed by atoms with van der Waals surface area (Å²) in [5, 5.41) is 6.79. The number of hydrogen-bond acceptors (Lipinski definition) is 4. The van der Waals surface area contributed by atoms with Crippen molar-refractivity contribution >= 4 is 28.9 Å². The Bertz CT molecular complexity index is 1020. The lowest BCUT2D eigenvalue weighted by atomic mass is 10.1. The van der Waals surface area contributed by atoms with E-state index in [-0.39, 0.29) is 12.5 Å². The fourth-order valence-corrected chi connectivity index (χ4v) is 3.00. The van der Waals surface area contributed by atoms with Crippen molar-refractivity contribution in [2.45, 2.75) is 20.4 Å². The SMILES string of the molecule is COc1cc(CNc2ccc(C)c(C)c2)ccc1OCC(=O)Nc1ccc(Cl)cc1. The third-order valence-corrected chi connectivity index (χ3v) is 4.97. The van der Waals surface area contributed by atoms with E-state index in [0.29, 0.717) is 28.8 Å². The highest BCUT2D eigenvalue weighted by Gasteiger charge is 2.09. The molecule has 1 amide bonds. The summed E-state index contributed by atoms with van der Waals surface area (Å²) in [5.41, 5.74) is 5.29. The maximum Gasteiger partial charge on any atom is 0.262 e. The molecule has 2 N–H and O–H groups in total. The molecule has 3 aromatic rings. The third kappa shape index (κ3) is 5.91. The van der Waals surface area contributed by atoms with Crippen LogP contribution in [0.2, 0.25) is 5.02 Å². The molecule has 3 aromatic carbocycles. The molecule has 0 aliphatic heterocycles. The molecule has 0 atom stereocenters. The second kappa shape index (κ2) is 10.0. The summed E-state index contributed by atoms with van der Waals surface area (Å²) in [7, 11) is 1.58. The number of methoxy groups -OCH3 is 1. The van der Waals surface area contributed by atoms with E-state index >= 15 is 0 Å². The van der Waals surface area contributed by atoms with Crippen LogP contribution in [0, 0.1) is 13.8 Å². The number of rotatable bonds is 8. The Kier molecular flexibility index (Phi) is 7.20. The highest BCUT2D eigenvalue weighted by Crippen LogP contribution is 2.28. The van der Waals surface area contributed by atoms with Crippen LogP contribution < -0.4 is 20.1 Å². The van der Waals surface area contributed by atoms with Crippen LogP contribution in [0.3, 0.4) is 0 Å². The maximum atomic E-state index is 12.1. The summed E-state index contributed by atoms with van der Waals surface area (Å²) in [4.78, 5) is 12.1. The molecule has 0 saturated carbocycles. The Balaban J connectivity index is 1.57. The molecule has 0 aliphatic carbocycles. The number of amides is 1. The van der Waals surface area contributed by atoms with Gasteiger partial charge in [-0.25, -0.2) is 0 Å². The molecule has 0 saturated heterocycles. The van der Waals surface area contributed by atoms with Gasteiger partial charge in [0.2, 0.25) is 0 Å². The number of carbonyl (C=O) groups excluding carboxylic acids is 1. The van der Waals surface area contributed by atoms with Gasteiger partial charge < -0.3 is 20.1 Å². The van der Waals surface area contributed by atoms with E-state index < -0.39 is 0 Å². The molecule has 0 spiro atoms. The highest BCUT2D eigenvalue weighted by molar-refractivity contribution is 6.30. The van der Waals surface area contributed by atoms with Crippen molar-refractivity contribution in [3.05, 3.63) is 82.4 Å². The quantitative estimate of drug-likeness (QED) is 0.494. The van der Waals surface area contributed by atoms with E-state index in [2.05, 4.69) is 42.7 Å². The van der Waals surface area contributed by atoms with E-state index in [1.807, 2.05) is 18.2 Å². The summed E-state index contributed by atoms with van der Waals surface area (Å²) < 4.78 is 11.1. The molecular weight excluding hydrogens is 400 g/mol. The first-order chi connectivity index (χ1) is 14.4. The zero-order valence-electron chi connectivity index (χ0n) is 17.3. The number of anilines is 2. The van der Waals surface area contributed by atoms with Crippen LogP contribution in [-0.2, 0) is 11.3 Å². The van der Waals surface area contributed by atoms with E-state index in [0.717, 1.165) is 11.3 Å². The Morgan fingerprint density at radius 3 is 2.33 bits per heavy atom. The second-order valence-corrected chi connectivity index (χ2v) is 7.42. The van der Waals surface area contributed by atoms with Crippen LogP contribution >= 0.6 is 11.6 Å². The van der Waals surface area contributed by atoms with Crippen molar-refractivity contribution in [2.24, 2.45) is 0 Å². The first kappa shape index (κ1) is 21.5. The summed E-state index contributed by atoms with van der Waals surface area (Å²) >= 11 is 5.85. The normalized spacial score (nSPS) is 10.4. The van der Waals surface area contributed by atoms with E-state index in [1.165, 1.54) is 11.1 Å². The summed E-state index contributed by atoms with van der Waals surface area (Å²) in [6, 6.07) is 18.9. The molecule has 30 heavy (non-hydrogen) atoms. The van der Waals surface area contributed by atoms with Gasteiger partial charge in [0, 0.05) is 22.9 Å². The number of carbonyl (C=O) groups is 1. The van der Waals surface area contributed by atoms with Gasteiger partial charge in [-0.05, 0) is 79.1 Å². The fraction of sp³-hybridized carbons (Fsp3) is 0.208. The zero-order chi connectivity index (χ0) is 21.5. The average molecular weight is 425 g/mol. The lowest BCUT2D eigenvalue weighted by Crippen LogP contribution is -2.20. The molecule has 0 unspecified atom stereocenters. The van der Waals surface area contributed by atoms with Gasteiger partial charge in [0.1, 0.15) is 0 Å². The number of hydrogen-bond donors (Lipinski definition) is 2. The van der Waals surface area contributed by atoms with Gasteiger partial charge >= 0.3 is 0 Å². The molecule has 3 rings (SSSR count). The van der Waals surface area contributed by atoms with E-state index in [4.69, 9.17) is 21.1 Å². The van der Waals surface area contributed by atoms with Crippen LogP contribution in [0.15, 0.2) is 60.7 Å². The minimum absolute atomic E-state index is 0.126. The van der Waals surface area contributed by atoms with Gasteiger partial charge in [0.05, 0.1) is 7.11 Å². The predicted octanol–water partition coefficient (Wildman–Crippen LogP) is 5.60. The van der Waals surface area contributed by atoms with Crippen LogP contribution in [0.1, 0.15) is 16.7 Å². The topological polar surface area (TPSA) is 59.6 Å². The molecule has 156 valence electrons. The fourth-order valence-electron chi connectivity index (χ4n) is 2.87. The van der Waals surface area contributed by atoms with Gasteiger partial charge in [-0.1, -0.05) is 23.7 Å². The molecule has 0 radical (unpaired) electrons. The summed E-state index contributed by atoms with van der Waals surface area (Å²) in [5.74, 6) is 0.826. The van der Waals surface area contributed by atoms with Gasteiger partial charge in [0.25, 0.3) is 5.91 Å². The van der Waals surface area contributed by atoms with Crippen LogP contribution in [0.5, 0.6) is 11.5 Å². The van der Waals surface area contributed by atoms with Gasteiger partial charge in [-0.3, -0.25) is 4.79 Å². The Morgan fingerprint density at radius 1 is 0.900 bits per heavy atom. The van der Waals surface area contributed by atoms with Gasteiger partial charge in [-0.2, -0.15) is 0 Å². The van der Waals surface area contributed by atoms with E-state index in [1.54, 1.807) is 31.4 Å². The molecule has 0 aromatic heterocycles. The Hall–Kier alpha value is -3.18. The van der Waals surface area contributed by atoms with Crippen LogP contribution in [0.25, 0.3) is 0 Å². The van der Waals surface area contributed by atoms with Crippen molar-refractivity contribution in [1.82, 2.24) is 0 Å². The first-order valence-electron chi connectivity index (χ1n) is 9.61. The lowest BCUT2D eigenvalue weighted by Gasteiger charge is -2.13. The van der Waals surface area contributed by atoms with Crippen molar-refractivity contribution in [2.75, 3.05) is 24.4 Å².